The molecule has 2 amide bonds. The van der Waals surface area contributed by atoms with Crippen LogP contribution >= 0.6 is 0 Å². The Morgan fingerprint density at radius 1 is 1.21 bits per heavy atom. The number of piperidine rings is 1. The Morgan fingerprint density at radius 3 is 2.46 bits per heavy atom. The van der Waals surface area contributed by atoms with Gasteiger partial charge in [0.15, 0.2) is 0 Å². The Morgan fingerprint density at radius 2 is 1.88 bits per heavy atom. The predicted octanol–water partition coefficient (Wildman–Crippen LogP) is 1.27. The number of aliphatic carboxylic acids is 1. The summed E-state index contributed by atoms with van der Waals surface area (Å²) in [6, 6.07) is 6.04. The summed E-state index contributed by atoms with van der Waals surface area (Å²) in [5, 5.41) is 12.0. The third-order valence-corrected chi connectivity index (χ3v) is 4.07. The molecule has 1 aromatic rings. The first-order valence-electron chi connectivity index (χ1n) is 7.97. The first-order chi connectivity index (χ1) is 11.4. The van der Waals surface area contributed by atoms with Gasteiger partial charge in [-0.15, -0.1) is 0 Å². The first-order valence-corrected chi connectivity index (χ1v) is 7.97. The van der Waals surface area contributed by atoms with Gasteiger partial charge < -0.3 is 15.3 Å². The molecule has 2 rings (SSSR count). The largest absolute Gasteiger partial charge is 0.480 e. The maximum atomic E-state index is 12.2. The number of carboxylic acid groups (broad SMARTS) is 1. The molecule has 1 aliphatic rings. The lowest BCUT2D eigenvalue weighted by Crippen LogP contribution is -2.47. The molecule has 0 aromatic heterocycles. The second-order valence-corrected chi connectivity index (χ2v) is 6.15. The molecule has 0 bridgehead atoms. The molecule has 7 heteroatoms. The highest BCUT2D eigenvalue weighted by Gasteiger charge is 2.29. The lowest BCUT2D eigenvalue weighted by molar-refractivity contribution is -0.145. The van der Waals surface area contributed by atoms with Crippen LogP contribution in [0.15, 0.2) is 24.3 Å². The fraction of sp³-hybridized carbons (Fsp3) is 0.471. The summed E-state index contributed by atoms with van der Waals surface area (Å²) in [7, 11) is 3.35. The number of carbonyl (C=O) groups is 3. The number of carboxylic acids is 1. The molecule has 0 spiro atoms. The second kappa shape index (κ2) is 7.92. The van der Waals surface area contributed by atoms with Crippen molar-refractivity contribution in [3.05, 3.63) is 29.8 Å². The predicted molar refractivity (Wildman–Crippen MR) is 89.9 cm³/mol. The number of benzene rings is 1. The number of nitrogens with one attached hydrogen (secondary N) is 1. The van der Waals surface area contributed by atoms with Crippen molar-refractivity contribution in [3.8, 4) is 0 Å². The lowest BCUT2D eigenvalue weighted by atomic mass is 10.0. The fourth-order valence-electron chi connectivity index (χ4n) is 2.80. The van der Waals surface area contributed by atoms with E-state index in [0.29, 0.717) is 24.2 Å². The van der Waals surface area contributed by atoms with Gasteiger partial charge in [0, 0.05) is 25.3 Å². The molecular formula is C17H23N3O4. The highest BCUT2D eigenvalue weighted by Crippen LogP contribution is 2.17. The average molecular weight is 333 g/mol. The van der Waals surface area contributed by atoms with Crippen molar-refractivity contribution in [2.24, 2.45) is 0 Å². The Balaban J connectivity index is 1.94. The molecule has 1 aromatic carbocycles. The van der Waals surface area contributed by atoms with Crippen molar-refractivity contribution in [2.45, 2.75) is 25.3 Å². The van der Waals surface area contributed by atoms with Crippen LogP contribution in [-0.2, 0) is 9.59 Å². The highest BCUT2D eigenvalue weighted by molar-refractivity contribution is 5.96. The Bertz CT molecular complexity index is 613. The molecule has 2 N–H and O–H groups in total. The van der Waals surface area contributed by atoms with Crippen molar-refractivity contribution in [1.29, 1.82) is 0 Å². The number of amides is 2. The Hall–Kier alpha value is -2.41. The van der Waals surface area contributed by atoms with Gasteiger partial charge in [0.2, 0.25) is 5.91 Å². The average Bonchev–Trinajstić information content (AvgIpc) is 2.55. The molecule has 1 fully saturated rings. The standard InChI is InChI=1S/C17H23N3O4/c1-19(2)16(22)12-6-8-13(9-7-12)18-15(21)11-20-10-4-3-5-14(20)17(23)24/h6-9,14H,3-5,10-11H2,1-2H3,(H,18,21)(H,23,24). The molecule has 7 nitrogen and oxygen atoms in total. The number of likely N-dealkylation sites (tertiary alicyclic amines) is 1. The maximum absolute atomic E-state index is 12.2. The van der Waals surface area contributed by atoms with E-state index in [1.165, 1.54) is 4.90 Å². The molecular weight excluding hydrogens is 310 g/mol. The highest BCUT2D eigenvalue weighted by atomic mass is 16.4. The van der Waals surface area contributed by atoms with Crippen LogP contribution in [0.5, 0.6) is 0 Å². The van der Waals surface area contributed by atoms with Gasteiger partial charge in [-0.2, -0.15) is 0 Å². The molecule has 24 heavy (non-hydrogen) atoms. The molecule has 1 atom stereocenters. The van der Waals surface area contributed by atoms with Crippen LogP contribution in [-0.4, -0.2) is 65.9 Å². The maximum Gasteiger partial charge on any atom is 0.320 e. The second-order valence-electron chi connectivity index (χ2n) is 6.15. The van der Waals surface area contributed by atoms with Crippen LogP contribution < -0.4 is 5.32 Å². The minimum atomic E-state index is -0.881. The molecule has 130 valence electrons. The minimum Gasteiger partial charge on any atom is -0.480 e. The zero-order chi connectivity index (χ0) is 17.7. The molecule has 0 aliphatic carbocycles. The van der Waals surface area contributed by atoms with Crippen LogP contribution in [0, 0.1) is 0 Å². The summed E-state index contributed by atoms with van der Waals surface area (Å²) in [6.45, 7) is 0.663. The van der Waals surface area contributed by atoms with E-state index < -0.39 is 12.0 Å². The van der Waals surface area contributed by atoms with Crippen LogP contribution in [0.2, 0.25) is 0 Å². The monoisotopic (exact) mass is 333 g/mol. The summed E-state index contributed by atoms with van der Waals surface area (Å²) in [6.07, 6.45) is 2.35. The number of anilines is 1. The molecule has 1 unspecified atom stereocenters. The third kappa shape index (κ3) is 4.55. The van der Waals surface area contributed by atoms with Gasteiger partial charge >= 0.3 is 5.97 Å². The van der Waals surface area contributed by atoms with E-state index in [0.717, 1.165) is 12.8 Å². The van der Waals surface area contributed by atoms with Crippen LogP contribution in [0.25, 0.3) is 0 Å². The van der Waals surface area contributed by atoms with E-state index in [-0.39, 0.29) is 18.4 Å². The van der Waals surface area contributed by atoms with Crippen molar-refractivity contribution in [3.63, 3.8) is 0 Å². The number of carbonyl (C=O) groups excluding carboxylic acids is 2. The van der Waals surface area contributed by atoms with E-state index in [2.05, 4.69) is 5.32 Å². The number of hydrogen-bond acceptors (Lipinski definition) is 4. The Labute approximate surface area is 141 Å². The van der Waals surface area contributed by atoms with Crippen molar-refractivity contribution < 1.29 is 19.5 Å². The molecule has 1 saturated heterocycles. The molecule has 1 heterocycles. The van der Waals surface area contributed by atoms with E-state index >= 15 is 0 Å². The van der Waals surface area contributed by atoms with Gasteiger partial charge in [-0.1, -0.05) is 6.42 Å². The smallest absolute Gasteiger partial charge is 0.320 e. The number of hydrogen-bond donors (Lipinski definition) is 2. The van der Waals surface area contributed by atoms with Gasteiger partial charge in [0.1, 0.15) is 6.04 Å². The molecule has 0 saturated carbocycles. The van der Waals surface area contributed by atoms with Crippen molar-refractivity contribution in [1.82, 2.24) is 9.80 Å². The quantitative estimate of drug-likeness (QED) is 0.847. The van der Waals surface area contributed by atoms with Crippen molar-refractivity contribution >= 4 is 23.5 Å². The van der Waals surface area contributed by atoms with E-state index in [9.17, 15) is 19.5 Å². The van der Waals surface area contributed by atoms with Crippen LogP contribution in [0.3, 0.4) is 0 Å². The fourth-order valence-corrected chi connectivity index (χ4v) is 2.80. The Kier molecular flexibility index (Phi) is 5.92. The van der Waals surface area contributed by atoms with Crippen molar-refractivity contribution in [2.75, 3.05) is 32.5 Å². The zero-order valence-corrected chi connectivity index (χ0v) is 14.0. The summed E-state index contributed by atoms with van der Waals surface area (Å²) in [5.74, 6) is -1.24. The van der Waals surface area contributed by atoms with Crippen LogP contribution in [0.4, 0.5) is 5.69 Å². The number of rotatable bonds is 5. The summed E-state index contributed by atoms with van der Waals surface area (Å²) in [4.78, 5) is 38.4. The van der Waals surface area contributed by atoms with Gasteiger partial charge in [0.05, 0.1) is 6.54 Å². The zero-order valence-electron chi connectivity index (χ0n) is 14.0. The van der Waals surface area contributed by atoms with Gasteiger partial charge in [-0.25, -0.2) is 0 Å². The van der Waals surface area contributed by atoms with Gasteiger partial charge in [-0.3, -0.25) is 19.3 Å². The molecule has 0 radical (unpaired) electrons. The SMILES string of the molecule is CN(C)C(=O)c1ccc(NC(=O)CN2CCCCC2C(=O)O)cc1. The van der Waals surface area contributed by atoms with E-state index in [1.807, 2.05) is 0 Å². The van der Waals surface area contributed by atoms with Gasteiger partial charge in [-0.05, 0) is 43.7 Å². The normalized spacial score (nSPS) is 18.0. The number of nitrogens with zero attached hydrogens (tertiary/aromatic N) is 2. The van der Waals surface area contributed by atoms with Crippen LogP contribution in [0.1, 0.15) is 29.6 Å². The summed E-state index contributed by atoms with van der Waals surface area (Å²) < 4.78 is 0. The lowest BCUT2D eigenvalue weighted by Gasteiger charge is -2.32. The topological polar surface area (TPSA) is 90.0 Å². The first kappa shape index (κ1) is 17.9. The van der Waals surface area contributed by atoms with Gasteiger partial charge in [0.25, 0.3) is 5.91 Å². The van der Waals surface area contributed by atoms with E-state index in [4.69, 9.17) is 0 Å². The third-order valence-electron chi connectivity index (χ3n) is 4.07. The van der Waals surface area contributed by atoms with E-state index in [1.54, 1.807) is 43.3 Å². The summed E-state index contributed by atoms with van der Waals surface area (Å²) in [5.41, 5.74) is 1.12. The molecule has 1 aliphatic heterocycles. The minimum absolute atomic E-state index is 0.0509. The summed E-state index contributed by atoms with van der Waals surface area (Å²) >= 11 is 0.